The van der Waals surface area contributed by atoms with Crippen molar-refractivity contribution < 1.29 is 9.59 Å². The van der Waals surface area contributed by atoms with Gasteiger partial charge >= 0.3 is 0 Å². The number of nitrogens with one attached hydrogen (secondary N) is 1. The van der Waals surface area contributed by atoms with Crippen LogP contribution in [-0.4, -0.2) is 47.4 Å². The summed E-state index contributed by atoms with van der Waals surface area (Å²) in [5.74, 6) is -0.0436. The van der Waals surface area contributed by atoms with Crippen LogP contribution in [0.5, 0.6) is 0 Å². The molecule has 29 heavy (non-hydrogen) atoms. The van der Waals surface area contributed by atoms with Crippen LogP contribution in [0.3, 0.4) is 0 Å². The second-order valence-electron chi connectivity index (χ2n) is 6.82. The average molecular weight is 459 g/mol. The summed E-state index contributed by atoms with van der Waals surface area (Å²) in [6.07, 6.45) is 3.28. The van der Waals surface area contributed by atoms with Gasteiger partial charge < -0.3 is 16.0 Å². The Morgan fingerprint density at radius 1 is 1.31 bits per heavy atom. The number of thiazole rings is 1. The van der Waals surface area contributed by atoms with Crippen molar-refractivity contribution in [3.8, 4) is 11.3 Å². The molecule has 2 heterocycles. The third kappa shape index (κ3) is 6.67. The van der Waals surface area contributed by atoms with Crippen molar-refractivity contribution in [3.63, 3.8) is 0 Å². The van der Waals surface area contributed by atoms with Gasteiger partial charge in [0.25, 0.3) is 5.91 Å². The van der Waals surface area contributed by atoms with Crippen molar-refractivity contribution in [1.82, 2.24) is 15.2 Å². The van der Waals surface area contributed by atoms with E-state index < -0.39 is 0 Å². The van der Waals surface area contributed by atoms with E-state index in [0.717, 1.165) is 42.1 Å². The zero-order valence-corrected chi connectivity index (χ0v) is 18.9. The third-order valence-corrected chi connectivity index (χ3v) is 5.59. The van der Waals surface area contributed by atoms with Gasteiger partial charge in [-0.1, -0.05) is 12.1 Å². The van der Waals surface area contributed by atoms with E-state index in [1.54, 1.807) is 11.3 Å². The summed E-state index contributed by atoms with van der Waals surface area (Å²) in [6, 6.07) is 7.67. The molecule has 1 fully saturated rings. The Kier molecular flexibility index (Phi) is 10.6. The van der Waals surface area contributed by atoms with Crippen LogP contribution in [-0.2, 0) is 4.79 Å². The molecule has 1 atom stereocenters. The van der Waals surface area contributed by atoms with Crippen LogP contribution in [0.4, 0.5) is 0 Å². The number of rotatable bonds is 6. The van der Waals surface area contributed by atoms with E-state index in [0.29, 0.717) is 25.1 Å². The van der Waals surface area contributed by atoms with E-state index in [1.165, 1.54) is 0 Å². The van der Waals surface area contributed by atoms with Crippen LogP contribution in [0.1, 0.15) is 41.0 Å². The molecule has 0 bridgehead atoms. The fourth-order valence-electron chi connectivity index (χ4n) is 3.40. The molecule has 1 aliphatic heterocycles. The second kappa shape index (κ2) is 12.1. The van der Waals surface area contributed by atoms with Gasteiger partial charge in [-0.3, -0.25) is 9.59 Å². The lowest BCUT2D eigenvalue weighted by atomic mass is 9.99. The average Bonchev–Trinajstić information content (AvgIpc) is 3.13. The number of carbonyl (C=O) groups is 2. The zero-order chi connectivity index (χ0) is 19.2. The van der Waals surface area contributed by atoms with Gasteiger partial charge in [-0.2, -0.15) is 0 Å². The number of nitrogens with zero attached hydrogens (tertiary/aromatic N) is 2. The number of amides is 2. The maximum absolute atomic E-state index is 13.1. The minimum atomic E-state index is -0.0589. The molecular weight excluding hydrogens is 431 g/mol. The van der Waals surface area contributed by atoms with Gasteiger partial charge in [-0.25, -0.2) is 4.98 Å². The first-order valence-corrected chi connectivity index (χ1v) is 10.3. The fourth-order valence-corrected chi connectivity index (χ4v) is 4.03. The van der Waals surface area contributed by atoms with Gasteiger partial charge in [-0.15, -0.1) is 36.2 Å². The highest BCUT2D eigenvalue weighted by atomic mass is 35.5. The number of halogens is 2. The van der Waals surface area contributed by atoms with E-state index in [-0.39, 0.29) is 42.7 Å². The number of hydrogen-bond donors (Lipinski definition) is 2. The smallest absolute Gasteiger partial charge is 0.254 e. The van der Waals surface area contributed by atoms with Gasteiger partial charge in [0, 0.05) is 48.6 Å². The molecule has 6 nitrogen and oxygen atoms in total. The lowest BCUT2D eigenvalue weighted by molar-refractivity contribution is -0.121. The van der Waals surface area contributed by atoms with Gasteiger partial charge in [0.1, 0.15) is 0 Å². The minimum absolute atomic E-state index is 0. The number of benzene rings is 1. The van der Waals surface area contributed by atoms with E-state index in [1.807, 2.05) is 41.5 Å². The topological polar surface area (TPSA) is 88.3 Å². The van der Waals surface area contributed by atoms with Crippen molar-refractivity contribution in [2.45, 2.75) is 38.6 Å². The number of likely N-dealkylation sites (tertiary alicyclic amines) is 1. The van der Waals surface area contributed by atoms with Crippen LogP contribution in [0.2, 0.25) is 0 Å². The van der Waals surface area contributed by atoms with Crippen LogP contribution in [0.15, 0.2) is 29.6 Å². The Balaban J connectivity index is 0.00000210. The molecule has 3 N–H and O–H groups in total. The highest BCUT2D eigenvalue weighted by Crippen LogP contribution is 2.25. The predicted octanol–water partition coefficient (Wildman–Crippen LogP) is 3.42. The third-order valence-electron chi connectivity index (χ3n) is 4.82. The van der Waals surface area contributed by atoms with Crippen LogP contribution in [0.25, 0.3) is 11.3 Å². The maximum Gasteiger partial charge on any atom is 0.254 e. The summed E-state index contributed by atoms with van der Waals surface area (Å²) in [5.41, 5.74) is 7.94. The Bertz CT molecular complexity index is 815. The van der Waals surface area contributed by atoms with Crippen molar-refractivity contribution in [2.75, 3.05) is 19.6 Å². The minimum Gasteiger partial charge on any atom is -0.354 e. The van der Waals surface area contributed by atoms with Gasteiger partial charge in [-0.05, 0) is 38.3 Å². The van der Waals surface area contributed by atoms with Gasteiger partial charge in [0.05, 0.1) is 10.7 Å². The lowest BCUT2D eigenvalue weighted by Gasteiger charge is -2.36. The van der Waals surface area contributed by atoms with Crippen LogP contribution in [0, 0.1) is 6.92 Å². The first-order chi connectivity index (χ1) is 13.1. The molecule has 3 rings (SSSR count). The molecule has 1 aliphatic rings. The van der Waals surface area contributed by atoms with Crippen molar-refractivity contribution in [2.24, 2.45) is 5.73 Å². The number of carbonyl (C=O) groups excluding carboxylic acids is 2. The molecule has 2 amide bonds. The number of piperidine rings is 1. The first-order valence-electron chi connectivity index (χ1n) is 9.39. The molecule has 0 radical (unpaired) electrons. The number of aryl methyl sites for hydroxylation is 1. The molecular formula is C20H28Cl2N4O2S. The highest BCUT2D eigenvalue weighted by Gasteiger charge is 2.28. The molecule has 1 aromatic heterocycles. The number of aromatic nitrogens is 1. The van der Waals surface area contributed by atoms with Crippen molar-refractivity contribution in [1.29, 1.82) is 0 Å². The summed E-state index contributed by atoms with van der Waals surface area (Å²) < 4.78 is 0. The second-order valence-corrected chi connectivity index (χ2v) is 7.89. The van der Waals surface area contributed by atoms with Gasteiger partial charge in [0.2, 0.25) is 5.91 Å². The first kappa shape index (κ1) is 25.4. The molecule has 0 saturated carbocycles. The molecule has 1 aromatic carbocycles. The van der Waals surface area contributed by atoms with Gasteiger partial charge in [0.15, 0.2) is 0 Å². The number of hydrogen-bond acceptors (Lipinski definition) is 5. The SMILES string of the molecule is Cc1nc(-c2cccc(C(=O)N3CCCCC3CNC(=O)CCN)c2)cs1.Cl.Cl. The van der Waals surface area contributed by atoms with Crippen molar-refractivity contribution in [3.05, 3.63) is 40.2 Å². The van der Waals surface area contributed by atoms with E-state index in [9.17, 15) is 9.59 Å². The van der Waals surface area contributed by atoms with E-state index in [2.05, 4.69) is 10.3 Å². The summed E-state index contributed by atoms with van der Waals surface area (Å²) in [7, 11) is 0. The summed E-state index contributed by atoms with van der Waals surface area (Å²) >= 11 is 1.60. The zero-order valence-electron chi connectivity index (χ0n) is 16.4. The molecule has 0 spiro atoms. The Morgan fingerprint density at radius 3 is 2.79 bits per heavy atom. The Morgan fingerprint density at radius 2 is 2.10 bits per heavy atom. The largest absolute Gasteiger partial charge is 0.354 e. The van der Waals surface area contributed by atoms with E-state index >= 15 is 0 Å². The standard InChI is InChI=1S/C20H26N4O2S.2ClH/c1-14-23-18(13-27-14)15-5-4-6-16(11-15)20(26)24-10-3-2-7-17(24)12-22-19(25)8-9-21;;/h4-6,11,13,17H,2-3,7-10,12,21H2,1H3,(H,22,25);2*1H. The quantitative estimate of drug-likeness (QED) is 0.693. The molecule has 1 saturated heterocycles. The predicted molar refractivity (Wildman–Crippen MR) is 122 cm³/mol. The highest BCUT2D eigenvalue weighted by molar-refractivity contribution is 7.09. The monoisotopic (exact) mass is 458 g/mol. The molecule has 160 valence electrons. The van der Waals surface area contributed by atoms with Crippen molar-refractivity contribution >= 4 is 48.0 Å². The molecule has 9 heteroatoms. The lowest BCUT2D eigenvalue weighted by Crippen LogP contribution is -2.49. The summed E-state index contributed by atoms with van der Waals surface area (Å²) in [5, 5.41) is 5.92. The molecule has 1 unspecified atom stereocenters. The molecule has 0 aliphatic carbocycles. The van der Waals surface area contributed by atoms with E-state index in [4.69, 9.17) is 5.73 Å². The normalized spacial score (nSPS) is 15.8. The summed E-state index contributed by atoms with van der Waals surface area (Å²) in [4.78, 5) is 31.3. The fraction of sp³-hybridized carbons (Fsp3) is 0.450. The maximum atomic E-state index is 13.1. The Labute approximate surface area is 188 Å². The summed E-state index contributed by atoms with van der Waals surface area (Å²) in [6.45, 7) is 3.51. The van der Waals surface area contributed by atoms with Crippen LogP contribution < -0.4 is 11.1 Å². The molecule has 2 aromatic rings. The van der Waals surface area contributed by atoms with Crippen LogP contribution >= 0.6 is 36.2 Å². The number of nitrogens with two attached hydrogens (primary N) is 1. The Hall–Kier alpha value is -1.67.